The number of ether oxygens (including phenoxy) is 2. The van der Waals surface area contributed by atoms with Crippen LogP contribution in [-0.4, -0.2) is 32.8 Å². The van der Waals surface area contributed by atoms with Gasteiger partial charge in [-0.1, -0.05) is 45.4 Å². The summed E-state index contributed by atoms with van der Waals surface area (Å²) in [6.45, 7) is 19.6. The molecule has 0 saturated carbocycles. The van der Waals surface area contributed by atoms with Gasteiger partial charge in [-0.3, -0.25) is 0 Å². The third-order valence-corrected chi connectivity index (χ3v) is 12.3. The van der Waals surface area contributed by atoms with Gasteiger partial charge in [0.05, 0.1) is 12.7 Å². The number of allylic oxidation sites excluding steroid dienone is 1. The van der Waals surface area contributed by atoms with Gasteiger partial charge in [0.25, 0.3) is 0 Å². The van der Waals surface area contributed by atoms with Crippen LogP contribution >= 0.6 is 0 Å². The maximum absolute atomic E-state index is 6.93. The molecule has 0 aliphatic carbocycles. The first kappa shape index (κ1) is 29.1. The molecule has 1 saturated heterocycles. The molecule has 202 valence electrons. The lowest BCUT2D eigenvalue weighted by atomic mass is 10.00. The van der Waals surface area contributed by atoms with Gasteiger partial charge in [-0.05, 0) is 93.6 Å². The number of nitrogens with zero attached hydrogens (tertiary/aromatic N) is 1. The van der Waals surface area contributed by atoms with Crippen LogP contribution in [0.2, 0.25) is 18.1 Å². The second-order valence-corrected chi connectivity index (χ2v) is 17.0. The predicted molar refractivity (Wildman–Crippen MR) is 151 cm³/mol. The van der Waals surface area contributed by atoms with Crippen molar-refractivity contribution in [2.45, 2.75) is 117 Å². The van der Waals surface area contributed by atoms with Crippen LogP contribution in [0.1, 0.15) is 97.1 Å². The van der Waals surface area contributed by atoms with Crippen LogP contribution in [0.4, 0.5) is 0 Å². The molecule has 6 heteroatoms. The number of aryl methyl sites for hydroxylation is 1. The van der Waals surface area contributed by atoms with Crippen molar-refractivity contribution in [2.75, 3.05) is 13.2 Å². The van der Waals surface area contributed by atoms with Gasteiger partial charge >= 0.3 is 0 Å². The molecule has 2 aromatic rings. The van der Waals surface area contributed by atoms with Crippen LogP contribution in [0.3, 0.4) is 0 Å². The predicted octanol–water partition coefficient (Wildman–Crippen LogP) is 8.89. The summed E-state index contributed by atoms with van der Waals surface area (Å²) in [6.07, 6.45) is 10.2. The van der Waals surface area contributed by atoms with Crippen molar-refractivity contribution >= 4 is 19.4 Å². The fraction of sp³-hybridized carbons (Fsp3) is 0.700. The van der Waals surface area contributed by atoms with E-state index in [0.717, 1.165) is 50.0 Å². The molecule has 2 heterocycles. The first-order valence-electron chi connectivity index (χ1n) is 13.9. The molecule has 1 aromatic carbocycles. The Balaban J connectivity index is 1.58. The molecule has 1 aliphatic heterocycles. The van der Waals surface area contributed by atoms with Crippen molar-refractivity contribution in [1.82, 2.24) is 4.98 Å². The summed E-state index contributed by atoms with van der Waals surface area (Å²) in [5.41, 5.74) is 4.35. The average molecular weight is 516 g/mol. The molecule has 3 rings (SSSR count). The van der Waals surface area contributed by atoms with Crippen molar-refractivity contribution in [3.63, 3.8) is 0 Å². The summed E-state index contributed by atoms with van der Waals surface area (Å²) in [5.74, 6) is 1.25. The van der Waals surface area contributed by atoms with Crippen LogP contribution < -0.4 is 0 Å². The van der Waals surface area contributed by atoms with E-state index in [2.05, 4.69) is 70.9 Å². The molecule has 1 fully saturated rings. The highest BCUT2D eigenvalue weighted by Gasteiger charge is 2.39. The Labute approximate surface area is 220 Å². The average Bonchev–Trinajstić information content (AvgIpc) is 3.19. The van der Waals surface area contributed by atoms with Gasteiger partial charge < -0.3 is 18.3 Å². The largest absolute Gasteiger partial charge is 0.441 e. The maximum atomic E-state index is 6.93. The van der Waals surface area contributed by atoms with E-state index in [4.69, 9.17) is 18.3 Å². The van der Waals surface area contributed by atoms with E-state index >= 15 is 0 Å². The maximum Gasteiger partial charge on any atom is 0.192 e. The normalized spacial score (nSPS) is 19.6. The molecule has 1 aliphatic rings. The minimum absolute atomic E-state index is 0.0149. The molecule has 3 atom stereocenters. The van der Waals surface area contributed by atoms with Crippen LogP contribution in [0.15, 0.2) is 34.3 Å². The highest BCUT2D eigenvalue weighted by Crippen LogP contribution is 2.41. The Kier molecular flexibility index (Phi) is 10.4. The van der Waals surface area contributed by atoms with Gasteiger partial charge in [-0.15, -0.1) is 0 Å². The number of hydrogen-bond acceptors (Lipinski definition) is 5. The summed E-state index contributed by atoms with van der Waals surface area (Å²) in [4.78, 5) is 4.55. The third kappa shape index (κ3) is 8.54. The number of fused-ring (bicyclic) bond motifs is 1. The lowest BCUT2D eigenvalue weighted by molar-refractivity contribution is -0.168. The first-order valence-corrected chi connectivity index (χ1v) is 16.8. The van der Waals surface area contributed by atoms with Gasteiger partial charge in [0, 0.05) is 13.5 Å². The van der Waals surface area contributed by atoms with E-state index in [1.807, 2.05) is 13.0 Å². The summed E-state index contributed by atoms with van der Waals surface area (Å²) >= 11 is 0. The summed E-state index contributed by atoms with van der Waals surface area (Å²) in [6, 6.07) is 6.32. The van der Waals surface area contributed by atoms with E-state index in [9.17, 15) is 0 Å². The fourth-order valence-electron chi connectivity index (χ4n) is 4.38. The minimum atomic E-state index is -1.95. The van der Waals surface area contributed by atoms with Gasteiger partial charge in [-0.25, -0.2) is 4.98 Å². The van der Waals surface area contributed by atoms with E-state index in [1.54, 1.807) is 0 Å². The summed E-state index contributed by atoms with van der Waals surface area (Å²) in [5, 5.41) is 0.152. The lowest BCUT2D eigenvalue weighted by Crippen LogP contribution is -2.41. The van der Waals surface area contributed by atoms with Gasteiger partial charge in [-0.2, -0.15) is 0 Å². The monoisotopic (exact) mass is 515 g/mol. The SMILES string of the molecule is CC(=CCC(O[Si](C)(C)C(C)(C)C)c1ccc2oc(C)nc2c1)CCCC(C)COC1CCCCO1. The minimum Gasteiger partial charge on any atom is -0.441 e. The molecule has 0 radical (unpaired) electrons. The Bertz CT molecular complexity index is 984. The molecule has 0 N–H and O–H groups in total. The molecular formula is C30H49NO4Si. The number of benzene rings is 1. The van der Waals surface area contributed by atoms with Crippen LogP contribution in [0.25, 0.3) is 11.1 Å². The third-order valence-electron chi connectivity index (χ3n) is 7.79. The lowest BCUT2D eigenvalue weighted by Gasteiger charge is -2.39. The zero-order chi connectivity index (χ0) is 26.3. The molecule has 0 spiro atoms. The molecule has 1 aromatic heterocycles. The zero-order valence-electron chi connectivity index (χ0n) is 24.0. The number of rotatable bonds is 12. The molecule has 0 bridgehead atoms. The molecular weight excluding hydrogens is 466 g/mol. The smallest absolute Gasteiger partial charge is 0.192 e. The Hall–Kier alpha value is -1.47. The summed E-state index contributed by atoms with van der Waals surface area (Å²) < 4.78 is 24.3. The fourth-order valence-corrected chi connectivity index (χ4v) is 5.68. The highest BCUT2D eigenvalue weighted by molar-refractivity contribution is 6.74. The molecule has 5 nitrogen and oxygen atoms in total. The van der Waals surface area contributed by atoms with E-state index < -0.39 is 8.32 Å². The summed E-state index contributed by atoms with van der Waals surface area (Å²) in [7, 11) is -1.95. The van der Waals surface area contributed by atoms with Crippen molar-refractivity contribution < 1.29 is 18.3 Å². The molecule has 3 unspecified atom stereocenters. The van der Waals surface area contributed by atoms with Crippen molar-refractivity contribution in [3.05, 3.63) is 41.3 Å². The number of hydrogen-bond donors (Lipinski definition) is 0. The van der Waals surface area contributed by atoms with Crippen LogP contribution in [0.5, 0.6) is 0 Å². The molecule has 36 heavy (non-hydrogen) atoms. The molecule has 0 amide bonds. The Morgan fingerprint density at radius 1 is 1.25 bits per heavy atom. The van der Waals surface area contributed by atoms with Gasteiger partial charge in [0.1, 0.15) is 5.52 Å². The van der Waals surface area contributed by atoms with Crippen molar-refractivity contribution in [1.29, 1.82) is 0 Å². The highest BCUT2D eigenvalue weighted by atomic mass is 28.4. The first-order chi connectivity index (χ1) is 16.9. The van der Waals surface area contributed by atoms with Crippen molar-refractivity contribution in [3.8, 4) is 0 Å². The zero-order valence-corrected chi connectivity index (χ0v) is 25.0. The number of aromatic nitrogens is 1. The second-order valence-electron chi connectivity index (χ2n) is 12.2. The quantitative estimate of drug-likeness (QED) is 0.209. The second kappa shape index (κ2) is 12.9. The number of oxazole rings is 1. The van der Waals surface area contributed by atoms with Gasteiger partial charge in [0.15, 0.2) is 26.1 Å². The topological polar surface area (TPSA) is 53.7 Å². The van der Waals surface area contributed by atoms with Crippen molar-refractivity contribution in [2.24, 2.45) is 5.92 Å². The standard InChI is InChI=1S/C30H49NO4Si/c1-22(12-11-13-23(2)21-33-29-14-9-10-19-32-29)15-17-27(35-36(7,8)30(4,5)6)25-16-18-28-26(20-25)31-24(3)34-28/h15-16,18,20,23,27,29H,9-14,17,19,21H2,1-8H3. The van der Waals surface area contributed by atoms with Crippen LogP contribution in [0, 0.1) is 12.8 Å². The van der Waals surface area contributed by atoms with E-state index in [0.29, 0.717) is 11.8 Å². The van der Waals surface area contributed by atoms with E-state index in [1.165, 1.54) is 30.4 Å². The Morgan fingerprint density at radius 2 is 2.03 bits per heavy atom. The van der Waals surface area contributed by atoms with Crippen LogP contribution in [-0.2, 0) is 13.9 Å². The van der Waals surface area contributed by atoms with Gasteiger partial charge in [0.2, 0.25) is 0 Å². The Morgan fingerprint density at radius 3 is 2.72 bits per heavy atom. The van der Waals surface area contributed by atoms with E-state index in [-0.39, 0.29) is 17.4 Å².